The Labute approximate surface area is 157 Å². The number of ether oxygens (including phenoxy) is 1. The van der Waals surface area contributed by atoms with Crippen molar-refractivity contribution in [2.75, 3.05) is 6.61 Å². The van der Waals surface area contributed by atoms with Gasteiger partial charge in [-0.3, -0.25) is 4.79 Å². The third kappa shape index (κ3) is 5.76. The fraction of sp³-hybridized carbons (Fsp3) is 0.263. The number of benzene rings is 2. The molecule has 0 spiro atoms. The molecule has 0 fully saturated rings. The molecule has 0 atom stereocenters. The Morgan fingerprint density at radius 3 is 2.72 bits per heavy atom. The van der Waals surface area contributed by atoms with Gasteiger partial charge in [-0.25, -0.2) is 5.43 Å². The molecule has 0 aliphatic rings. The molecular weight excluding hydrogens is 359 g/mol. The van der Waals surface area contributed by atoms with E-state index in [1.165, 1.54) is 6.21 Å². The van der Waals surface area contributed by atoms with E-state index in [9.17, 15) is 4.79 Å². The topological polar surface area (TPSA) is 50.7 Å². The van der Waals surface area contributed by atoms with Crippen LogP contribution in [-0.4, -0.2) is 18.7 Å². The second-order valence-corrected chi connectivity index (χ2v) is 6.77. The molecule has 6 heteroatoms. The monoisotopic (exact) mass is 378 g/mol. The molecule has 0 aliphatic heterocycles. The van der Waals surface area contributed by atoms with Crippen LogP contribution in [0, 0.1) is 6.92 Å². The molecule has 0 heterocycles. The highest BCUT2D eigenvalue weighted by molar-refractivity contribution is 6.31. The Kier molecular flexibility index (Phi) is 6.85. The lowest BCUT2D eigenvalue weighted by molar-refractivity contribution is -0.123. The van der Waals surface area contributed by atoms with Crippen LogP contribution in [0.5, 0.6) is 5.75 Å². The predicted octanol–water partition coefficient (Wildman–Crippen LogP) is 4.95. The maximum Gasteiger partial charge on any atom is 0.277 e. The fourth-order valence-electron chi connectivity index (χ4n) is 2.19. The van der Waals surface area contributed by atoms with Crippen LogP contribution in [0.15, 0.2) is 41.5 Å². The van der Waals surface area contributed by atoms with E-state index in [1.807, 2.05) is 45.0 Å². The quantitative estimate of drug-likeness (QED) is 0.570. The van der Waals surface area contributed by atoms with Crippen molar-refractivity contribution in [2.45, 2.75) is 26.7 Å². The van der Waals surface area contributed by atoms with Crippen LogP contribution in [0.2, 0.25) is 10.0 Å². The van der Waals surface area contributed by atoms with Gasteiger partial charge in [-0.05, 0) is 53.8 Å². The lowest BCUT2D eigenvalue weighted by atomic mass is 10.0. The summed E-state index contributed by atoms with van der Waals surface area (Å²) in [6.07, 6.45) is 1.52. The number of aryl methyl sites for hydroxylation is 1. The first kappa shape index (κ1) is 19.3. The highest BCUT2D eigenvalue weighted by atomic mass is 35.5. The number of carbonyl (C=O) groups excluding carboxylic acids is 1. The average molecular weight is 379 g/mol. The number of halogens is 2. The number of carbonyl (C=O) groups is 1. The minimum absolute atomic E-state index is 0.131. The molecule has 1 N–H and O–H groups in total. The molecule has 0 bridgehead atoms. The van der Waals surface area contributed by atoms with Gasteiger partial charge in [0.15, 0.2) is 6.61 Å². The van der Waals surface area contributed by atoms with Crippen molar-refractivity contribution in [1.82, 2.24) is 5.43 Å². The summed E-state index contributed by atoms with van der Waals surface area (Å²) in [5.41, 5.74) is 5.09. The summed E-state index contributed by atoms with van der Waals surface area (Å²) in [6.45, 7) is 5.86. The Morgan fingerprint density at radius 2 is 2.04 bits per heavy atom. The second kappa shape index (κ2) is 8.88. The maximum absolute atomic E-state index is 11.9. The average Bonchev–Trinajstić information content (AvgIpc) is 2.55. The molecule has 0 aliphatic carbocycles. The third-order valence-corrected chi connectivity index (χ3v) is 4.17. The Morgan fingerprint density at radius 1 is 1.28 bits per heavy atom. The van der Waals surface area contributed by atoms with E-state index in [-0.39, 0.29) is 18.4 Å². The summed E-state index contributed by atoms with van der Waals surface area (Å²) in [4.78, 5) is 11.9. The van der Waals surface area contributed by atoms with Gasteiger partial charge in [-0.15, -0.1) is 0 Å². The number of hydrogen-bond acceptors (Lipinski definition) is 3. The smallest absolute Gasteiger partial charge is 0.277 e. The normalized spacial score (nSPS) is 11.1. The van der Waals surface area contributed by atoms with Crippen molar-refractivity contribution < 1.29 is 9.53 Å². The summed E-state index contributed by atoms with van der Waals surface area (Å²) >= 11 is 12.1. The fourth-order valence-corrected chi connectivity index (χ4v) is 2.56. The zero-order chi connectivity index (χ0) is 18.4. The highest BCUT2D eigenvalue weighted by Gasteiger charge is 2.12. The summed E-state index contributed by atoms with van der Waals surface area (Å²) in [5, 5.41) is 5.20. The van der Waals surface area contributed by atoms with Gasteiger partial charge in [0.25, 0.3) is 5.91 Å². The van der Waals surface area contributed by atoms with Crippen molar-refractivity contribution in [2.24, 2.45) is 5.10 Å². The molecule has 2 rings (SSSR count). The van der Waals surface area contributed by atoms with Crippen LogP contribution >= 0.6 is 23.2 Å². The SMILES string of the molecule is Cc1cc(OCC(=O)NN=Cc2cccc(Cl)c2)c(C(C)C)cc1Cl. The minimum Gasteiger partial charge on any atom is -0.483 e. The lowest BCUT2D eigenvalue weighted by Crippen LogP contribution is -2.25. The van der Waals surface area contributed by atoms with Gasteiger partial charge in [0.2, 0.25) is 0 Å². The van der Waals surface area contributed by atoms with E-state index < -0.39 is 0 Å². The number of hydrazone groups is 1. The molecule has 2 aromatic rings. The molecule has 132 valence electrons. The number of rotatable bonds is 6. The number of nitrogens with zero attached hydrogens (tertiary/aromatic N) is 1. The first-order valence-electron chi connectivity index (χ1n) is 7.87. The van der Waals surface area contributed by atoms with Crippen molar-refractivity contribution in [3.05, 3.63) is 63.1 Å². The van der Waals surface area contributed by atoms with Crippen molar-refractivity contribution >= 4 is 35.3 Å². The van der Waals surface area contributed by atoms with Crippen molar-refractivity contribution in [1.29, 1.82) is 0 Å². The highest BCUT2D eigenvalue weighted by Crippen LogP contribution is 2.31. The van der Waals surface area contributed by atoms with Crippen LogP contribution in [0.4, 0.5) is 0 Å². The lowest BCUT2D eigenvalue weighted by Gasteiger charge is -2.15. The van der Waals surface area contributed by atoms with Crippen molar-refractivity contribution in [3.8, 4) is 5.75 Å². The Bertz CT molecular complexity index is 789. The standard InChI is InChI=1S/C19H20Cl2N2O2/c1-12(2)16-9-17(21)13(3)7-18(16)25-11-19(24)23-22-10-14-5-4-6-15(20)8-14/h4-10,12H,11H2,1-3H3,(H,23,24). The molecule has 0 aromatic heterocycles. The molecule has 2 aromatic carbocycles. The molecule has 4 nitrogen and oxygen atoms in total. The van der Waals surface area contributed by atoms with Gasteiger partial charge in [-0.2, -0.15) is 5.10 Å². The summed E-state index contributed by atoms with van der Waals surface area (Å²) in [6, 6.07) is 10.9. The van der Waals surface area contributed by atoms with Gasteiger partial charge < -0.3 is 4.74 Å². The van der Waals surface area contributed by atoms with Crippen LogP contribution < -0.4 is 10.2 Å². The van der Waals surface area contributed by atoms with Crippen LogP contribution in [0.3, 0.4) is 0 Å². The van der Waals surface area contributed by atoms with Crippen LogP contribution in [-0.2, 0) is 4.79 Å². The summed E-state index contributed by atoms with van der Waals surface area (Å²) in [7, 11) is 0. The van der Waals surface area contributed by atoms with Crippen molar-refractivity contribution in [3.63, 3.8) is 0 Å². The van der Waals surface area contributed by atoms with Crippen LogP contribution in [0.1, 0.15) is 36.5 Å². The molecule has 25 heavy (non-hydrogen) atoms. The third-order valence-electron chi connectivity index (χ3n) is 3.52. The zero-order valence-corrected chi connectivity index (χ0v) is 15.9. The first-order valence-corrected chi connectivity index (χ1v) is 8.62. The number of hydrogen-bond donors (Lipinski definition) is 1. The Balaban J connectivity index is 1.95. The van der Waals surface area contributed by atoms with Crippen LogP contribution in [0.25, 0.3) is 0 Å². The number of nitrogens with one attached hydrogen (secondary N) is 1. The minimum atomic E-state index is -0.347. The predicted molar refractivity (Wildman–Crippen MR) is 103 cm³/mol. The molecule has 0 saturated heterocycles. The zero-order valence-electron chi connectivity index (χ0n) is 14.3. The summed E-state index contributed by atoms with van der Waals surface area (Å²) in [5.74, 6) is 0.545. The Hall–Kier alpha value is -2.04. The molecule has 1 amide bonds. The van der Waals surface area contributed by atoms with E-state index in [0.717, 1.165) is 16.7 Å². The van der Waals surface area contributed by atoms with E-state index in [0.29, 0.717) is 15.8 Å². The molecule has 0 radical (unpaired) electrons. The van der Waals surface area contributed by atoms with E-state index >= 15 is 0 Å². The second-order valence-electron chi connectivity index (χ2n) is 5.93. The molecular formula is C19H20Cl2N2O2. The van der Waals surface area contributed by atoms with Gasteiger partial charge in [0.1, 0.15) is 5.75 Å². The van der Waals surface area contributed by atoms with Gasteiger partial charge in [0.05, 0.1) is 6.21 Å². The van der Waals surface area contributed by atoms with Gasteiger partial charge in [-0.1, -0.05) is 49.2 Å². The van der Waals surface area contributed by atoms with E-state index in [2.05, 4.69) is 10.5 Å². The number of amides is 1. The van der Waals surface area contributed by atoms with E-state index in [1.54, 1.807) is 12.1 Å². The van der Waals surface area contributed by atoms with Gasteiger partial charge >= 0.3 is 0 Å². The maximum atomic E-state index is 11.9. The molecule has 0 saturated carbocycles. The molecule has 0 unspecified atom stereocenters. The summed E-state index contributed by atoms with van der Waals surface area (Å²) < 4.78 is 5.65. The van der Waals surface area contributed by atoms with Gasteiger partial charge in [0, 0.05) is 10.0 Å². The first-order chi connectivity index (χ1) is 11.9. The van der Waals surface area contributed by atoms with E-state index in [4.69, 9.17) is 27.9 Å². The largest absolute Gasteiger partial charge is 0.483 e.